The van der Waals surface area contributed by atoms with Gasteiger partial charge < -0.3 is 10.1 Å². The van der Waals surface area contributed by atoms with Crippen molar-refractivity contribution in [2.24, 2.45) is 0 Å². The predicted molar refractivity (Wildman–Crippen MR) is 70.3 cm³/mol. The quantitative estimate of drug-likeness (QED) is 0.751. The molecular formula is C13H25N3O. The molecule has 4 heteroatoms. The summed E-state index contributed by atoms with van der Waals surface area (Å²) in [6.45, 7) is 11.8. The van der Waals surface area contributed by atoms with Crippen molar-refractivity contribution in [2.45, 2.75) is 46.7 Å². The maximum Gasteiger partial charge on any atom is 0.0623 e. The molecule has 98 valence electrons. The van der Waals surface area contributed by atoms with E-state index >= 15 is 0 Å². The fourth-order valence-corrected chi connectivity index (χ4v) is 2.03. The molecule has 0 fully saturated rings. The van der Waals surface area contributed by atoms with Gasteiger partial charge in [0, 0.05) is 31.3 Å². The summed E-state index contributed by atoms with van der Waals surface area (Å²) in [5, 5.41) is 7.93. The Bertz CT molecular complexity index is 322. The Morgan fingerprint density at radius 3 is 2.76 bits per heavy atom. The smallest absolute Gasteiger partial charge is 0.0623 e. The molecule has 1 rings (SSSR count). The largest absolute Gasteiger partial charge is 0.380 e. The summed E-state index contributed by atoms with van der Waals surface area (Å²) in [6, 6.07) is 2.54. The Balaban J connectivity index is 2.63. The van der Waals surface area contributed by atoms with Gasteiger partial charge in [0.15, 0.2) is 0 Å². The van der Waals surface area contributed by atoms with Gasteiger partial charge in [-0.2, -0.15) is 5.10 Å². The molecule has 1 aromatic rings. The maximum absolute atomic E-state index is 5.51. The van der Waals surface area contributed by atoms with Crippen LogP contribution >= 0.6 is 0 Å². The number of nitrogens with one attached hydrogen (secondary N) is 1. The molecule has 0 saturated carbocycles. The monoisotopic (exact) mass is 239 g/mol. The number of aryl methyl sites for hydroxylation is 2. The number of likely N-dealkylation sites (N-methyl/N-ethyl adjacent to an activating group) is 1. The van der Waals surface area contributed by atoms with E-state index in [-0.39, 0.29) is 0 Å². The molecule has 0 aliphatic heterocycles. The van der Waals surface area contributed by atoms with Crippen molar-refractivity contribution < 1.29 is 4.74 Å². The summed E-state index contributed by atoms with van der Waals surface area (Å²) in [4.78, 5) is 0. The number of nitrogens with zero attached hydrogens (tertiary/aromatic N) is 2. The fraction of sp³-hybridized carbons (Fsp3) is 0.769. The molecule has 0 saturated heterocycles. The van der Waals surface area contributed by atoms with Crippen LogP contribution in [0.3, 0.4) is 0 Å². The van der Waals surface area contributed by atoms with Crippen LogP contribution in [0.4, 0.5) is 0 Å². The van der Waals surface area contributed by atoms with E-state index in [1.165, 1.54) is 5.69 Å². The molecule has 1 unspecified atom stereocenters. The van der Waals surface area contributed by atoms with E-state index < -0.39 is 0 Å². The lowest BCUT2D eigenvalue weighted by atomic mass is 10.1. The van der Waals surface area contributed by atoms with Gasteiger partial charge in [0.1, 0.15) is 0 Å². The van der Waals surface area contributed by atoms with Crippen molar-refractivity contribution >= 4 is 0 Å². The summed E-state index contributed by atoms with van der Waals surface area (Å²) in [5.74, 6) is 0. The summed E-state index contributed by atoms with van der Waals surface area (Å²) in [7, 11) is 0. The fourth-order valence-electron chi connectivity index (χ4n) is 2.03. The first kappa shape index (κ1) is 14.2. The molecule has 0 aliphatic rings. The third-order valence-electron chi connectivity index (χ3n) is 2.76. The van der Waals surface area contributed by atoms with Gasteiger partial charge in [0.25, 0.3) is 0 Å². The number of hydrogen-bond donors (Lipinski definition) is 1. The molecule has 4 nitrogen and oxygen atoms in total. The van der Waals surface area contributed by atoms with Crippen LogP contribution in [0.1, 0.15) is 32.2 Å². The number of aromatic nitrogens is 2. The van der Waals surface area contributed by atoms with Gasteiger partial charge in [-0.1, -0.05) is 6.92 Å². The second-order valence-electron chi connectivity index (χ2n) is 4.21. The molecule has 0 aromatic carbocycles. The van der Waals surface area contributed by atoms with E-state index in [4.69, 9.17) is 4.74 Å². The average molecular weight is 239 g/mol. The lowest BCUT2D eigenvalue weighted by Crippen LogP contribution is -2.36. The lowest BCUT2D eigenvalue weighted by molar-refractivity contribution is 0.122. The van der Waals surface area contributed by atoms with Crippen molar-refractivity contribution in [3.8, 4) is 0 Å². The first-order chi connectivity index (χ1) is 8.21. The van der Waals surface area contributed by atoms with E-state index in [1.54, 1.807) is 0 Å². The average Bonchev–Trinajstić information content (AvgIpc) is 2.66. The van der Waals surface area contributed by atoms with Crippen LogP contribution < -0.4 is 5.32 Å². The minimum atomic E-state index is 0.376. The second-order valence-corrected chi connectivity index (χ2v) is 4.21. The van der Waals surface area contributed by atoms with Gasteiger partial charge in [-0.25, -0.2) is 0 Å². The molecule has 17 heavy (non-hydrogen) atoms. The van der Waals surface area contributed by atoms with E-state index in [1.807, 2.05) is 13.8 Å². The van der Waals surface area contributed by atoms with E-state index in [0.29, 0.717) is 6.04 Å². The lowest BCUT2D eigenvalue weighted by Gasteiger charge is -2.18. The molecule has 0 amide bonds. The van der Waals surface area contributed by atoms with Crippen LogP contribution in [0, 0.1) is 6.92 Å². The second kappa shape index (κ2) is 7.45. The number of ether oxygens (including phenoxy) is 1. The molecule has 1 atom stereocenters. The Morgan fingerprint density at radius 2 is 2.18 bits per heavy atom. The molecule has 1 N–H and O–H groups in total. The van der Waals surface area contributed by atoms with Crippen molar-refractivity contribution in [3.05, 3.63) is 17.5 Å². The summed E-state index contributed by atoms with van der Waals surface area (Å²) in [6.07, 6.45) is 0.975. The topological polar surface area (TPSA) is 39.1 Å². The highest BCUT2D eigenvalue weighted by Gasteiger charge is 2.12. The van der Waals surface area contributed by atoms with E-state index in [2.05, 4.69) is 35.0 Å². The van der Waals surface area contributed by atoms with Gasteiger partial charge in [0.05, 0.1) is 12.3 Å². The van der Waals surface area contributed by atoms with Crippen molar-refractivity contribution in [3.63, 3.8) is 0 Å². The zero-order valence-electron chi connectivity index (χ0n) is 11.5. The Hall–Kier alpha value is -0.870. The van der Waals surface area contributed by atoms with Gasteiger partial charge in [-0.05, 0) is 33.4 Å². The van der Waals surface area contributed by atoms with Gasteiger partial charge in [-0.15, -0.1) is 0 Å². The normalized spacial score (nSPS) is 12.9. The first-order valence-corrected chi connectivity index (χ1v) is 6.55. The Kier molecular flexibility index (Phi) is 6.22. The molecule has 0 bridgehead atoms. The third-order valence-corrected chi connectivity index (χ3v) is 2.76. The number of hydrogen-bond acceptors (Lipinski definition) is 3. The van der Waals surface area contributed by atoms with E-state index in [0.717, 1.165) is 38.4 Å². The minimum Gasteiger partial charge on any atom is -0.380 e. The van der Waals surface area contributed by atoms with Crippen LogP contribution in [-0.2, 0) is 17.7 Å². The van der Waals surface area contributed by atoms with Crippen molar-refractivity contribution in [2.75, 3.05) is 19.8 Å². The number of rotatable bonds is 8. The molecule has 0 aliphatic carbocycles. The molecule has 1 aromatic heterocycles. The van der Waals surface area contributed by atoms with Crippen LogP contribution in [0.2, 0.25) is 0 Å². The van der Waals surface area contributed by atoms with Crippen LogP contribution in [0.25, 0.3) is 0 Å². The van der Waals surface area contributed by atoms with Gasteiger partial charge >= 0.3 is 0 Å². The van der Waals surface area contributed by atoms with Crippen molar-refractivity contribution in [1.29, 1.82) is 0 Å². The Labute approximate surface area is 104 Å². The van der Waals surface area contributed by atoms with Crippen LogP contribution in [0.5, 0.6) is 0 Å². The van der Waals surface area contributed by atoms with Crippen LogP contribution in [-0.4, -0.2) is 35.6 Å². The maximum atomic E-state index is 5.51. The van der Waals surface area contributed by atoms with E-state index in [9.17, 15) is 0 Å². The van der Waals surface area contributed by atoms with Crippen molar-refractivity contribution in [1.82, 2.24) is 15.1 Å². The standard InChI is InChI=1S/C13H25N3O/c1-5-14-12(10-17-7-3)9-13-8-11(4)15-16(13)6-2/h8,12,14H,5-7,9-10H2,1-4H3. The highest BCUT2D eigenvalue weighted by molar-refractivity contribution is 5.10. The molecule has 1 heterocycles. The summed E-state index contributed by atoms with van der Waals surface area (Å²) in [5.41, 5.74) is 2.38. The highest BCUT2D eigenvalue weighted by Crippen LogP contribution is 2.07. The zero-order chi connectivity index (χ0) is 12.7. The van der Waals surface area contributed by atoms with Gasteiger partial charge in [-0.3, -0.25) is 4.68 Å². The summed E-state index contributed by atoms with van der Waals surface area (Å²) < 4.78 is 7.58. The molecule has 0 radical (unpaired) electrons. The Morgan fingerprint density at radius 1 is 1.41 bits per heavy atom. The zero-order valence-corrected chi connectivity index (χ0v) is 11.5. The van der Waals surface area contributed by atoms with Gasteiger partial charge in [0.2, 0.25) is 0 Å². The molecular weight excluding hydrogens is 214 g/mol. The highest BCUT2D eigenvalue weighted by atomic mass is 16.5. The predicted octanol–water partition coefficient (Wildman–Crippen LogP) is 1.77. The minimum absolute atomic E-state index is 0.376. The van der Waals surface area contributed by atoms with Crippen LogP contribution in [0.15, 0.2) is 6.07 Å². The molecule has 0 spiro atoms. The first-order valence-electron chi connectivity index (χ1n) is 6.55. The summed E-state index contributed by atoms with van der Waals surface area (Å²) >= 11 is 0. The SMILES string of the molecule is CCNC(COCC)Cc1cc(C)nn1CC. The third kappa shape index (κ3) is 4.48.